The van der Waals surface area contributed by atoms with Gasteiger partial charge >= 0.3 is 0 Å². The van der Waals surface area contributed by atoms with Gasteiger partial charge in [-0.1, -0.05) is 6.07 Å². The van der Waals surface area contributed by atoms with Gasteiger partial charge in [0, 0.05) is 37.3 Å². The standard InChI is InChI=1S/C20H29N3O/c1-16-4-2-5-18(21-16)15-22-12-3-9-20(11-13-22)10-8-19(24)23(20)14-17-6-7-17/h2,4-5,17H,3,6-15H2,1H3. The van der Waals surface area contributed by atoms with Crippen LogP contribution >= 0.6 is 0 Å². The molecule has 1 unspecified atom stereocenters. The van der Waals surface area contributed by atoms with Crippen molar-refractivity contribution >= 4 is 5.91 Å². The summed E-state index contributed by atoms with van der Waals surface area (Å²) in [6.45, 7) is 6.24. The number of carbonyl (C=O) groups is 1. The molecule has 1 aromatic heterocycles. The van der Waals surface area contributed by atoms with Crippen LogP contribution in [0.1, 0.15) is 56.3 Å². The van der Waals surface area contributed by atoms with Crippen LogP contribution in [0.3, 0.4) is 0 Å². The summed E-state index contributed by atoms with van der Waals surface area (Å²) < 4.78 is 0. The summed E-state index contributed by atoms with van der Waals surface area (Å²) >= 11 is 0. The van der Waals surface area contributed by atoms with E-state index in [1.54, 1.807) is 0 Å². The highest BCUT2D eigenvalue weighted by atomic mass is 16.2. The van der Waals surface area contributed by atoms with E-state index in [1.165, 1.54) is 31.4 Å². The van der Waals surface area contributed by atoms with Crippen molar-refractivity contribution in [1.82, 2.24) is 14.8 Å². The Balaban J connectivity index is 1.42. The fourth-order valence-corrected chi connectivity index (χ4v) is 4.56. The lowest BCUT2D eigenvalue weighted by Crippen LogP contribution is -2.47. The molecule has 1 aliphatic carbocycles. The summed E-state index contributed by atoms with van der Waals surface area (Å²) in [6.07, 6.45) is 8.01. The first-order valence-electron chi connectivity index (χ1n) is 9.60. The number of nitrogens with zero attached hydrogens (tertiary/aromatic N) is 3. The minimum atomic E-state index is 0.161. The Morgan fingerprint density at radius 3 is 2.88 bits per heavy atom. The van der Waals surface area contributed by atoms with E-state index in [0.29, 0.717) is 5.91 Å². The second kappa shape index (κ2) is 6.47. The zero-order valence-electron chi connectivity index (χ0n) is 14.8. The molecule has 3 heterocycles. The molecule has 1 aromatic rings. The second-order valence-electron chi connectivity index (χ2n) is 8.07. The van der Waals surface area contributed by atoms with Gasteiger partial charge in [0.15, 0.2) is 0 Å². The number of carbonyl (C=O) groups excluding carboxylic acids is 1. The molecule has 1 atom stereocenters. The Morgan fingerprint density at radius 1 is 1.21 bits per heavy atom. The van der Waals surface area contributed by atoms with E-state index in [9.17, 15) is 4.79 Å². The fourth-order valence-electron chi connectivity index (χ4n) is 4.56. The Labute approximate surface area is 145 Å². The van der Waals surface area contributed by atoms with Gasteiger partial charge in [0.2, 0.25) is 5.91 Å². The summed E-state index contributed by atoms with van der Waals surface area (Å²) in [4.78, 5) is 21.9. The third-order valence-electron chi connectivity index (χ3n) is 6.16. The van der Waals surface area contributed by atoms with Gasteiger partial charge in [-0.25, -0.2) is 0 Å². The van der Waals surface area contributed by atoms with E-state index in [2.05, 4.69) is 39.9 Å². The van der Waals surface area contributed by atoms with Gasteiger partial charge in [-0.2, -0.15) is 0 Å². The van der Waals surface area contributed by atoms with Crippen molar-refractivity contribution in [1.29, 1.82) is 0 Å². The molecule has 1 spiro atoms. The van der Waals surface area contributed by atoms with Gasteiger partial charge in [-0.15, -0.1) is 0 Å². The zero-order valence-corrected chi connectivity index (χ0v) is 14.8. The predicted molar refractivity (Wildman–Crippen MR) is 94.5 cm³/mol. The van der Waals surface area contributed by atoms with E-state index in [4.69, 9.17) is 0 Å². The molecule has 0 N–H and O–H groups in total. The van der Waals surface area contributed by atoms with Crippen LogP contribution in [0.5, 0.6) is 0 Å². The van der Waals surface area contributed by atoms with Crippen LogP contribution in [0.2, 0.25) is 0 Å². The van der Waals surface area contributed by atoms with Crippen molar-refractivity contribution in [2.24, 2.45) is 5.92 Å². The highest BCUT2D eigenvalue weighted by Crippen LogP contribution is 2.42. The average Bonchev–Trinajstić information content (AvgIpc) is 3.34. The first-order valence-corrected chi connectivity index (χ1v) is 9.60. The molecule has 0 bridgehead atoms. The maximum absolute atomic E-state index is 12.4. The number of pyridine rings is 1. The number of amides is 1. The van der Waals surface area contributed by atoms with Crippen LogP contribution in [-0.4, -0.2) is 45.9 Å². The SMILES string of the molecule is Cc1cccc(CN2CCCC3(CCC(=O)N3CC3CC3)CC2)n1. The smallest absolute Gasteiger partial charge is 0.223 e. The van der Waals surface area contributed by atoms with Crippen LogP contribution in [0.25, 0.3) is 0 Å². The predicted octanol–water partition coefficient (Wildman–Crippen LogP) is 3.15. The van der Waals surface area contributed by atoms with Crippen LogP contribution < -0.4 is 0 Å². The van der Waals surface area contributed by atoms with Crippen molar-refractivity contribution < 1.29 is 4.79 Å². The number of hydrogen-bond donors (Lipinski definition) is 0. The Bertz CT molecular complexity index is 613. The van der Waals surface area contributed by atoms with Crippen molar-refractivity contribution in [3.63, 3.8) is 0 Å². The molecule has 4 rings (SSSR count). The van der Waals surface area contributed by atoms with Crippen LogP contribution in [0, 0.1) is 12.8 Å². The van der Waals surface area contributed by atoms with Crippen LogP contribution in [0.15, 0.2) is 18.2 Å². The summed E-state index contributed by atoms with van der Waals surface area (Å²) in [7, 11) is 0. The maximum atomic E-state index is 12.4. The number of hydrogen-bond acceptors (Lipinski definition) is 3. The van der Waals surface area contributed by atoms with Crippen molar-refractivity contribution in [3.05, 3.63) is 29.6 Å². The molecular weight excluding hydrogens is 298 g/mol. The highest BCUT2D eigenvalue weighted by molar-refractivity contribution is 5.79. The molecular formula is C20H29N3O. The Kier molecular flexibility index (Phi) is 4.33. The molecule has 4 heteroatoms. The van der Waals surface area contributed by atoms with Crippen molar-refractivity contribution in [2.75, 3.05) is 19.6 Å². The second-order valence-corrected chi connectivity index (χ2v) is 8.07. The van der Waals surface area contributed by atoms with E-state index in [1.807, 2.05) is 0 Å². The minimum Gasteiger partial charge on any atom is -0.337 e. The molecule has 0 aromatic carbocycles. The zero-order chi connectivity index (χ0) is 16.6. The fraction of sp³-hybridized carbons (Fsp3) is 0.700. The summed E-state index contributed by atoms with van der Waals surface area (Å²) in [5.74, 6) is 1.20. The first-order chi connectivity index (χ1) is 11.6. The Hall–Kier alpha value is -1.42. The summed E-state index contributed by atoms with van der Waals surface area (Å²) in [5, 5.41) is 0. The molecule has 1 amide bonds. The van der Waals surface area contributed by atoms with Gasteiger partial charge in [-0.3, -0.25) is 14.7 Å². The maximum Gasteiger partial charge on any atom is 0.223 e. The Morgan fingerprint density at radius 2 is 2.08 bits per heavy atom. The molecule has 2 aliphatic heterocycles. The molecule has 1 saturated carbocycles. The van der Waals surface area contributed by atoms with Gasteiger partial charge in [0.1, 0.15) is 0 Å². The highest BCUT2D eigenvalue weighted by Gasteiger charge is 2.47. The molecule has 0 radical (unpaired) electrons. The lowest BCUT2D eigenvalue weighted by molar-refractivity contribution is -0.131. The van der Waals surface area contributed by atoms with E-state index < -0.39 is 0 Å². The van der Waals surface area contributed by atoms with E-state index in [-0.39, 0.29) is 5.54 Å². The molecule has 2 saturated heterocycles. The first kappa shape index (κ1) is 16.1. The van der Waals surface area contributed by atoms with Crippen molar-refractivity contribution in [2.45, 2.75) is 64.0 Å². The van der Waals surface area contributed by atoms with Gasteiger partial charge in [0.05, 0.1) is 5.69 Å². The normalized spacial score (nSPS) is 28.5. The van der Waals surface area contributed by atoms with Gasteiger partial charge < -0.3 is 4.90 Å². The average molecular weight is 327 g/mol. The number of likely N-dealkylation sites (tertiary alicyclic amines) is 2. The molecule has 24 heavy (non-hydrogen) atoms. The van der Waals surface area contributed by atoms with Gasteiger partial charge in [-0.05, 0) is 70.0 Å². The van der Waals surface area contributed by atoms with Crippen molar-refractivity contribution in [3.8, 4) is 0 Å². The summed E-state index contributed by atoms with van der Waals surface area (Å²) in [5.41, 5.74) is 2.42. The molecule has 130 valence electrons. The summed E-state index contributed by atoms with van der Waals surface area (Å²) in [6, 6.07) is 6.29. The monoisotopic (exact) mass is 327 g/mol. The number of aryl methyl sites for hydroxylation is 1. The lowest BCUT2D eigenvalue weighted by Gasteiger charge is -2.38. The number of aromatic nitrogens is 1. The van der Waals surface area contributed by atoms with Crippen LogP contribution in [0.4, 0.5) is 0 Å². The third-order valence-corrected chi connectivity index (χ3v) is 6.16. The van der Waals surface area contributed by atoms with Gasteiger partial charge in [0.25, 0.3) is 0 Å². The lowest BCUT2D eigenvalue weighted by atomic mass is 9.87. The quantitative estimate of drug-likeness (QED) is 0.852. The molecule has 3 fully saturated rings. The van der Waals surface area contributed by atoms with E-state index in [0.717, 1.165) is 57.1 Å². The molecule has 3 aliphatic rings. The third kappa shape index (κ3) is 3.34. The van der Waals surface area contributed by atoms with Crippen LogP contribution in [-0.2, 0) is 11.3 Å². The van der Waals surface area contributed by atoms with E-state index >= 15 is 0 Å². The molecule has 4 nitrogen and oxygen atoms in total. The topological polar surface area (TPSA) is 36.4 Å². The largest absolute Gasteiger partial charge is 0.337 e. The number of rotatable bonds is 4. The minimum absolute atomic E-state index is 0.161.